The van der Waals surface area contributed by atoms with Crippen LogP contribution in [0.1, 0.15) is 103 Å². The van der Waals surface area contributed by atoms with E-state index in [4.69, 9.17) is 4.74 Å². The highest BCUT2D eigenvalue weighted by atomic mass is 32.2. The maximum absolute atomic E-state index is 14.0. The Kier molecular flexibility index (Phi) is 13.0. The van der Waals surface area contributed by atoms with Crippen LogP contribution in [-0.4, -0.2) is 76.7 Å². The van der Waals surface area contributed by atoms with Gasteiger partial charge in [-0.1, -0.05) is 51.7 Å². The van der Waals surface area contributed by atoms with Gasteiger partial charge in [0.1, 0.15) is 5.75 Å². The Balaban J connectivity index is 1.94. The van der Waals surface area contributed by atoms with Gasteiger partial charge in [-0.3, -0.25) is 0 Å². The highest BCUT2D eigenvalue weighted by molar-refractivity contribution is 7.91. The van der Waals surface area contributed by atoms with Crippen LogP contribution in [0.3, 0.4) is 0 Å². The first-order chi connectivity index (χ1) is 20.5. The molecule has 6 nitrogen and oxygen atoms in total. The van der Waals surface area contributed by atoms with Gasteiger partial charge in [0, 0.05) is 31.1 Å². The zero-order chi connectivity index (χ0) is 31.7. The average Bonchev–Trinajstić information content (AvgIpc) is 3.07. The van der Waals surface area contributed by atoms with Crippen LogP contribution in [0.25, 0.3) is 0 Å². The van der Waals surface area contributed by atoms with E-state index in [9.17, 15) is 13.5 Å². The maximum atomic E-state index is 14.0. The molecule has 0 spiro atoms. The predicted octanol–water partition coefficient (Wildman–Crippen LogP) is 7.44. The molecule has 242 valence electrons. The molecule has 2 aromatic carbocycles. The summed E-state index contributed by atoms with van der Waals surface area (Å²) in [6.07, 6.45) is 6.44. The Bertz CT molecular complexity index is 1220. The molecule has 0 aromatic heterocycles. The number of sulfone groups is 1. The molecule has 0 saturated carbocycles. The van der Waals surface area contributed by atoms with Crippen LogP contribution in [0.15, 0.2) is 47.4 Å². The predicted molar refractivity (Wildman–Crippen MR) is 180 cm³/mol. The highest BCUT2D eigenvalue weighted by Crippen LogP contribution is 2.50. The number of hydrogen-bond donors (Lipinski definition) is 1. The minimum Gasteiger partial charge on any atom is -0.494 e. The fourth-order valence-corrected chi connectivity index (χ4v) is 9.24. The lowest BCUT2D eigenvalue weighted by molar-refractivity contribution is -0.923. The van der Waals surface area contributed by atoms with Crippen LogP contribution < -0.4 is 9.64 Å². The topological polar surface area (TPSA) is 66.8 Å². The summed E-state index contributed by atoms with van der Waals surface area (Å²) >= 11 is 0. The van der Waals surface area contributed by atoms with E-state index >= 15 is 0 Å². The number of aliphatic hydroxyl groups is 1. The van der Waals surface area contributed by atoms with Crippen molar-refractivity contribution in [3.05, 3.63) is 53.6 Å². The van der Waals surface area contributed by atoms with Crippen molar-refractivity contribution in [2.24, 2.45) is 5.41 Å². The molecule has 0 aliphatic carbocycles. The van der Waals surface area contributed by atoms with Gasteiger partial charge in [-0.15, -0.1) is 0 Å². The number of nitrogens with zero attached hydrogens (tertiary/aromatic N) is 2. The first kappa shape index (κ1) is 35.4. The third-order valence-corrected chi connectivity index (χ3v) is 12.2. The number of aliphatic hydroxyl groups excluding tert-OH is 1. The fourth-order valence-electron chi connectivity index (χ4n) is 7.05. The highest BCUT2D eigenvalue weighted by Gasteiger charge is 2.49. The van der Waals surface area contributed by atoms with Crippen molar-refractivity contribution in [2.75, 3.05) is 57.5 Å². The van der Waals surface area contributed by atoms with E-state index in [0.717, 1.165) is 60.0 Å². The van der Waals surface area contributed by atoms with Gasteiger partial charge in [0.25, 0.3) is 0 Å². The summed E-state index contributed by atoms with van der Waals surface area (Å²) in [5, 5.41) is 12.4. The average molecular weight is 616 g/mol. The first-order valence-electron chi connectivity index (χ1n) is 16.8. The van der Waals surface area contributed by atoms with Crippen molar-refractivity contribution in [3.63, 3.8) is 0 Å². The number of anilines is 1. The van der Waals surface area contributed by atoms with Gasteiger partial charge in [-0.2, -0.15) is 0 Å². The molecule has 0 bridgehead atoms. The molecule has 2 atom stereocenters. The van der Waals surface area contributed by atoms with Gasteiger partial charge in [0.2, 0.25) is 0 Å². The molecule has 1 aliphatic heterocycles. The summed E-state index contributed by atoms with van der Waals surface area (Å²) < 4.78 is 35.4. The summed E-state index contributed by atoms with van der Waals surface area (Å²) in [7, 11) is 0.313. The zero-order valence-electron chi connectivity index (χ0n) is 28.1. The Hall–Kier alpha value is -2.09. The van der Waals surface area contributed by atoms with Gasteiger partial charge < -0.3 is 19.2 Å². The zero-order valence-corrected chi connectivity index (χ0v) is 28.9. The van der Waals surface area contributed by atoms with E-state index in [2.05, 4.69) is 34.6 Å². The number of unbranched alkanes of at least 4 members (excludes halogenated alkanes) is 3. The second-order valence-corrected chi connectivity index (χ2v) is 15.0. The van der Waals surface area contributed by atoms with Gasteiger partial charge >= 0.3 is 0 Å². The van der Waals surface area contributed by atoms with Gasteiger partial charge in [0.05, 0.1) is 49.5 Å². The largest absolute Gasteiger partial charge is 0.494 e. The standard InChI is InChI=1S/C36H59N2O4S/c1-8-13-23-36(24-14-9-2)28-43(40,41)33-22-19-30(37(6)7)27-32(33)34(35(36)39)29-17-20-31(21-18-29)42-26-16-15-25-38(10-3,11-4)12-5/h17-22,27,34-35,39H,8-16,23-26,28H2,1-7H3/q+1. The van der Waals surface area contributed by atoms with Crippen LogP contribution in [-0.2, 0) is 9.84 Å². The quantitative estimate of drug-likeness (QED) is 0.148. The van der Waals surface area contributed by atoms with E-state index in [1.165, 1.54) is 26.2 Å². The van der Waals surface area contributed by atoms with Crippen LogP contribution in [0.2, 0.25) is 0 Å². The maximum Gasteiger partial charge on any atom is 0.179 e. The van der Waals surface area contributed by atoms with Crippen molar-refractivity contribution in [3.8, 4) is 5.75 Å². The molecule has 43 heavy (non-hydrogen) atoms. The number of rotatable bonds is 17. The molecule has 0 fully saturated rings. The van der Waals surface area contributed by atoms with Gasteiger partial charge in [0.15, 0.2) is 9.84 Å². The van der Waals surface area contributed by atoms with E-state index in [1.807, 2.05) is 55.4 Å². The number of fused-ring (bicyclic) bond motifs is 1. The Morgan fingerprint density at radius 2 is 1.49 bits per heavy atom. The van der Waals surface area contributed by atoms with Crippen LogP contribution in [0.4, 0.5) is 5.69 Å². The molecule has 0 radical (unpaired) electrons. The lowest BCUT2D eigenvalue weighted by Crippen LogP contribution is -2.48. The van der Waals surface area contributed by atoms with Crippen LogP contribution >= 0.6 is 0 Å². The number of benzene rings is 2. The molecule has 1 aliphatic rings. The SMILES string of the molecule is CCCCC1(CCCC)CS(=O)(=O)c2ccc(N(C)C)cc2C(c2ccc(OCCCC[N+](CC)(CC)CC)cc2)C1O. The van der Waals surface area contributed by atoms with E-state index in [-0.39, 0.29) is 5.75 Å². The Labute approximate surface area is 263 Å². The van der Waals surface area contributed by atoms with Crippen molar-refractivity contribution < 1.29 is 22.7 Å². The summed E-state index contributed by atoms with van der Waals surface area (Å²) in [5.41, 5.74) is 1.86. The molecule has 3 rings (SSSR count). The Morgan fingerprint density at radius 1 is 0.884 bits per heavy atom. The summed E-state index contributed by atoms with van der Waals surface area (Å²) in [6, 6.07) is 13.7. The third kappa shape index (κ3) is 8.34. The van der Waals surface area contributed by atoms with Crippen LogP contribution in [0, 0.1) is 5.41 Å². The molecular formula is C36H59N2O4S+. The van der Waals surface area contributed by atoms with Crippen LogP contribution in [0.5, 0.6) is 5.75 Å². The van der Waals surface area contributed by atoms with Gasteiger partial charge in [-0.25, -0.2) is 8.42 Å². The molecule has 0 saturated heterocycles. The lowest BCUT2D eigenvalue weighted by Gasteiger charge is -2.40. The first-order valence-corrected chi connectivity index (χ1v) is 18.5. The summed E-state index contributed by atoms with van der Waals surface area (Å²) in [5.74, 6) is 0.353. The van der Waals surface area contributed by atoms with Crippen molar-refractivity contribution in [1.29, 1.82) is 0 Å². The third-order valence-electron chi connectivity index (χ3n) is 10.2. The molecular weight excluding hydrogens is 556 g/mol. The van der Waals surface area contributed by atoms with E-state index < -0.39 is 27.3 Å². The molecule has 2 unspecified atom stereocenters. The number of hydrogen-bond acceptors (Lipinski definition) is 5. The van der Waals surface area contributed by atoms with E-state index in [1.54, 1.807) is 6.07 Å². The molecule has 2 aromatic rings. The molecule has 1 heterocycles. The number of quaternary nitrogens is 1. The monoisotopic (exact) mass is 615 g/mol. The second-order valence-electron chi connectivity index (χ2n) is 13.0. The second kappa shape index (κ2) is 15.8. The minimum atomic E-state index is -3.61. The molecule has 1 N–H and O–H groups in total. The van der Waals surface area contributed by atoms with Crippen molar-refractivity contribution in [2.45, 2.75) is 103 Å². The Morgan fingerprint density at radius 3 is 2.02 bits per heavy atom. The fraction of sp³-hybridized carbons (Fsp3) is 0.667. The normalized spacial score (nSPS) is 19.4. The van der Waals surface area contributed by atoms with E-state index in [0.29, 0.717) is 29.9 Å². The van der Waals surface area contributed by atoms with Crippen molar-refractivity contribution >= 4 is 15.5 Å². The smallest absolute Gasteiger partial charge is 0.179 e. The summed E-state index contributed by atoms with van der Waals surface area (Å²) in [6.45, 7) is 16.5. The minimum absolute atomic E-state index is 0.0126. The molecule has 0 amide bonds. The van der Waals surface area contributed by atoms with Gasteiger partial charge in [-0.05, 0) is 87.9 Å². The number of ether oxygens (including phenoxy) is 1. The van der Waals surface area contributed by atoms with Crippen molar-refractivity contribution in [1.82, 2.24) is 0 Å². The lowest BCUT2D eigenvalue weighted by atomic mass is 9.68. The molecule has 7 heteroatoms. The summed E-state index contributed by atoms with van der Waals surface area (Å²) in [4.78, 5) is 2.35.